The van der Waals surface area contributed by atoms with Crippen molar-refractivity contribution in [3.05, 3.63) is 34.9 Å². The third kappa shape index (κ3) is 1.65. The molecule has 1 saturated heterocycles. The first kappa shape index (κ1) is 11.7. The Kier molecular flexibility index (Phi) is 2.49. The molecule has 1 fully saturated rings. The fraction of sp³-hybridized carbons (Fsp3) is 0.533. The van der Waals surface area contributed by atoms with E-state index in [9.17, 15) is 4.79 Å². The van der Waals surface area contributed by atoms with E-state index >= 15 is 0 Å². The molecule has 0 bridgehead atoms. The van der Waals surface area contributed by atoms with Crippen LogP contribution in [0.15, 0.2) is 18.2 Å². The predicted molar refractivity (Wildman–Crippen MR) is 71.5 cm³/mol. The summed E-state index contributed by atoms with van der Waals surface area (Å²) >= 11 is 0. The summed E-state index contributed by atoms with van der Waals surface area (Å²) in [7, 11) is 0. The van der Waals surface area contributed by atoms with E-state index in [4.69, 9.17) is 0 Å². The van der Waals surface area contributed by atoms with Crippen molar-refractivity contribution < 1.29 is 4.79 Å². The summed E-state index contributed by atoms with van der Waals surface area (Å²) in [6.07, 6.45) is 0. The van der Waals surface area contributed by atoms with Crippen molar-refractivity contribution in [1.82, 2.24) is 10.2 Å². The van der Waals surface area contributed by atoms with Crippen molar-refractivity contribution in [2.24, 2.45) is 0 Å². The third-order valence-electron chi connectivity index (χ3n) is 4.17. The van der Waals surface area contributed by atoms with Crippen molar-refractivity contribution in [2.75, 3.05) is 19.6 Å². The summed E-state index contributed by atoms with van der Waals surface area (Å²) in [5, 5.41) is 3.23. The fourth-order valence-electron chi connectivity index (χ4n) is 3.24. The maximum absolute atomic E-state index is 12.1. The number of amides is 1. The van der Waals surface area contributed by atoms with Gasteiger partial charge in [0.05, 0.1) is 12.6 Å². The molecule has 0 aromatic heterocycles. The minimum Gasteiger partial charge on any atom is -0.332 e. The van der Waals surface area contributed by atoms with E-state index in [2.05, 4.69) is 44.3 Å². The number of benzene rings is 1. The van der Waals surface area contributed by atoms with E-state index in [1.807, 2.05) is 4.90 Å². The average molecular weight is 244 g/mol. The molecular formula is C15H20N2O. The van der Waals surface area contributed by atoms with Crippen LogP contribution in [0.5, 0.6) is 0 Å². The molecule has 1 aromatic carbocycles. The lowest BCUT2D eigenvalue weighted by Gasteiger charge is -2.47. The second kappa shape index (κ2) is 3.82. The van der Waals surface area contributed by atoms with Crippen LogP contribution in [0, 0.1) is 6.92 Å². The summed E-state index contributed by atoms with van der Waals surface area (Å²) in [6.45, 7) is 8.78. The van der Waals surface area contributed by atoms with Crippen molar-refractivity contribution in [3.8, 4) is 0 Å². The second-order valence-electron chi connectivity index (χ2n) is 6.14. The molecule has 2 heterocycles. The largest absolute Gasteiger partial charge is 0.332 e. The number of aryl methyl sites for hydroxylation is 1. The summed E-state index contributed by atoms with van der Waals surface area (Å²) < 4.78 is 0. The van der Waals surface area contributed by atoms with E-state index in [1.54, 1.807) is 0 Å². The number of hydrogen-bond acceptors (Lipinski definition) is 2. The average Bonchev–Trinajstić information content (AvgIpc) is 2.31. The fourth-order valence-corrected chi connectivity index (χ4v) is 3.24. The third-order valence-corrected chi connectivity index (χ3v) is 4.17. The number of nitrogens with zero attached hydrogens (tertiary/aromatic N) is 1. The minimum atomic E-state index is 0.0465. The Hall–Kier alpha value is -1.35. The van der Waals surface area contributed by atoms with Crippen LogP contribution in [-0.2, 0) is 10.2 Å². The van der Waals surface area contributed by atoms with Gasteiger partial charge in [-0.3, -0.25) is 4.79 Å². The lowest BCUT2D eigenvalue weighted by Crippen LogP contribution is -2.56. The van der Waals surface area contributed by atoms with Gasteiger partial charge in [-0.05, 0) is 18.1 Å². The first-order valence-electron chi connectivity index (χ1n) is 6.60. The number of hydrogen-bond donors (Lipinski definition) is 1. The van der Waals surface area contributed by atoms with Gasteiger partial charge in [-0.2, -0.15) is 0 Å². The Morgan fingerprint density at radius 3 is 2.94 bits per heavy atom. The quantitative estimate of drug-likeness (QED) is 0.754. The monoisotopic (exact) mass is 244 g/mol. The standard InChI is InChI=1S/C15H20N2O/c1-10-4-5-11-12(6-10)15(2,3)9-17-13(11)7-16-8-14(17)18/h4-6,13,16H,7-9H2,1-3H3. The van der Waals surface area contributed by atoms with E-state index < -0.39 is 0 Å². The Bertz CT molecular complexity index is 507. The topological polar surface area (TPSA) is 32.3 Å². The van der Waals surface area contributed by atoms with Crippen molar-refractivity contribution in [2.45, 2.75) is 32.2 Å². The first-order valence-corrected chi connectivity index (χ1v) is 6.60. The summed E-state index contributed by atoms with van der Waals surface area (Å²) in [4.78, 5) is 14.1. The second-order valence-corrected chi connectivity index (χ2v) is 6.14. The lowest BCUT2D eigenvalue weighted by molar-refractivity contribution is -0.136. The maximum atomic E-state index is 12.1. The Balaban J connectivity index is 2.14. The van der Waals surface area contributed by atoms with Gasteiger partial charge in [0.25, 0.3) is 0 Å². The molecule has 0 radical (unpaired) electrons. The molecule has 1 aromatic rings. The van der Waals surface area contributed by atoms with Crippen LogP contribution < -0.4 is 5.32 Å². The number of rotatable bonds is 0. The summed E-state index contributed by atoms with van der Waals surface area (Å²) in [5.41, 5.74) is 4.06. The summed E-state index contributed by atoms with van der Waals surface area (Å²) in [6, 6.07) is 6.85. The van der Waals surface area contributed by atoms with Gasteiger partial charge in [0.2, 0.25) is 5.91 Å². The molecule has 18 heavy (non-hydrogen) atoms. The molecule has 0 saturated carbocycles. The highest BCUT2D eigenvalue weighted by Gasteiger charge is 2.41. The number of carbonyl (C=O) groups is 1. The zero-order valence-electron chi connectivity index (χ0n) is 11.3. The molecule has 3 rings (SSSR count). The van der Waals surface area contributed by atoms with Crippen molar-refractivity contribution >= 4 is 5.91 Å². The maximum Gasteiger partial charge on any atom is 0.237 e. The van der Waals surface area contributed by atoms with Crippen molar-refractivity contribution in [3.63, 3.8) is 0 Å². The van der Waals surface area contributed by atoms with E-state index in [1.165, 1.54) is 16.7 Å². The van der Waals surface area contributed by atoms with Crippen LogP contribution in [0.1, 0.15) is 36.6 Å². The summed E-state index contributed by atoms with van der Waals surface area (Å²) in [5.74, 6) is 0.227. The van der Waals surface area contributed by atoms with Crippen LogP contribution in [0.4, 0.5) is 0 Å². The molecule has 0 spiro atoms. The van der Waals surface area contributed by atoms with Gasteiger partial charge < -0.3 is 10.2 Å². The predicted octanol–water partition coefficient (Wildman–Crippen LogP) is 1.76. The molecule has 1 amide bonds. The minimum absolute atomic E-state index is 0.0465. The first-order chi connectivity index (χ1) is 8.49. The van der Waals surface area contributed by atoms with E-state index in [0.717, 1.165) is 13.1 Å². The van der Waals surface area contributed by atoms with E-state index in [0.29, 0.717) is 6.54 Å². The Labute approximate surface area is 108 Å². The highest BCUT2D eigenvalue weighted by Crippen LogP contribution is 2.40. The molecule has 96 valence electrons. The van der Waals surface area contributed by atoms with E-state index in [-0.39, 0.29) is 17.4 Å². The highest BCUT2D eigenvalue weighted by atomic mass is 16.2. The number of carbonyl (C=O) groups excluding carboxylic acids is 1. The normalized spacial score (nSPS) is 25.6. The van der Waals surface area contributed by atoms with Crippen LogP contribution in [-0.4, -0.2) is 30.4 Å². The van der Waals surface area contributed by atoms with Crippen LogP contribution in [0.2, 0.25) is 0 Å². The van der Waals surface area contributed by atoms with Crippen molar-refractivity contribution in [1.29, 1.82) is 0 Å². The Morgan fingerprint density at radius 2 is 2.17 bits per heavy atom. The number of nitrogens with one attached hydrogen (secondary N) is 1. The molecule has 2 aliphatic rings. The van der Waals surface area contributed by atoms with Gasteiger partial charge in [0, 0.05) is 18.5 Å². The van der Waals surface area contributed by atoms with Crippen LogP contribution in [0.3, 0.4) is 0 Å². The SMILES string of the molecule is Cc1ccc2c(c1)C(C)(C)CN1C(=O)CNCC21. The number of fused-ring (bicyclic) bond motifs is 3. The number of piperazine rings is 1. The lowest BCUT2D eigenvalue weighted by atomic mass is 9.74. The Morgan fingerprint density at radius 1 is 1.39 bits per heavy atom. The molecule has 3 nitrogen and oxygen atoms in total. The van der Waals surface area contributed by atoms with Gasteiger partial charge in [0.1, 0.15) is 0 Å². The molecule has 1 N–H and O–H groups in total. The van der Waals surface area contributed by atoms with Gasteiger partial charge in [-0.1, -0.05) is 37.6 Å². The highest BCUT2D eigenvalue weighted by molar-refractivity contribution is 5.80. The van der Waals surface area contributed by atoms with Crippen LogP contribution in [0.25, 0.3) is 0 Å². The smallest absolute Gasteiger partial charge is 0.237 e. The van der Waals surface area contributed by atoms with Gasteiger partial charge in [0.15, 0.2) is 0 Å². The zero-order valence-corrected chi connectivity index (χ0v) is 11.3. The van der Waals surface area contributed by atoms with Crippen LogP contribution >= 0.6 is 0 Å². The molecular weight excluding hydrogens is 224 g/mol. The molecule has 1 unspecified atom stereocenters. The molecule has 1 atom stereocenters. The van der Waals surface area contributed by atoms with Gasteiger partial charge in [-0.25, -0.2) is 0 Å². The molecule has 3 heteroatoms. The zero-order chi connectivity index (χ0) is 12.9. The molecule has 0 aliphatic carbocycles. The van der Waals surface area contributed by atoms with Gasteiger partial charge in [-0.15, -0.1) is 0 Å². The molecule has 2 aliphatic heterocycles. The van der Waals surface area contributed by atoms with Gasteiger partial charge >= 0.3 is 0 Å².